The summed E-state index contributed by atoms with van der Waals surface area (Å²) in [5.41, 5.74) is -0.0256. The molecule has 0 aliphatic rings. The summed E-state index contributed by atoms with van der Waals surface area (Å²) >= 11 is 5.69. The van der Waals surface area contributed by atoms with E-state index < -0.39 is 17.7 Å². The Morgan fingerprint density at radius 3 is 2.52 bits per heavy atom. The standard InChI is InChI=1S/C15H19ClF3NO3/c1-4-22-13(21)8-14(2,3)20-9-10-5-6-11(16)12(7-10)23-15(17,18)19/h5-7,20H,4,8-9H2,1-3H3. The molecule has 0 unspecified atom stereocenters. The summed E-state index contributed by atoms with van der Waals surface area (Å²) in [5, 5.41) is 2.97. The molecule has 0 saturated carbocycles. The highest BCUT2D eigenvalue weighted by atomic mass is 35.5. The van der Waals surface area contributed by atoms with Crippen molar-refractivity contribution in [3.63, 3.8) is 0 Å². The van der Waals surface area contributed by atoms with Gasteiger partial charge in [-0.25, -0.2) is 0 Å². The zero-order chi connectivity index (χ0) is 17.7. The number of carbonyl (C=O) groups excluding carboxylic acids is 1. The van der Waals surface area contributed by atoms with Gasteiger partial charge in [0.2, 0.25) is 0 Å². The first-order chi connectivity index (χ1) is 10.5. The molecule has 0 saturated heterocycles. The molecule has 0 aromatic heterocycles. The van der Waals surface area contributed by atoms with E-state index in [-0.39, 0.29) is 24.0 Å². The van der Waals surface area contributed by atoms with E-state index in [4.69, 9.17) is 16.3 Å². The molecule has 1 rings (SSSR count). The Morgan fingerprint density at radius 1 is 1.30 bits per heavy atom. The van der Waals surface area contributed by atoms with Crippen LogP contribution in [0.4, 0.5) is 13.2 Å². The van der Waals surface area contributed by atoms with Crippen LogP contribution in [0.15, 0.2) is 18.2 Å². The van der Waals surface area contributed by atoms with Crippen LogP contribution in [-0.2, 0) is 16.1 Å². The first-order valence-corrected chi connectivity index (χ1v) is 7.35. The van der Waals surface area contributed by atoms with Gasteiger partial charge in [-0.3, -0.25) is 4.79 Å². The van der Waals surface area contributed by atoms with E-state index in [9.17, 15) is 18.0 Å². The number of benzene rings is 1. The lowest BCUT2D eigenvalue weighted by molar-refractivity contribution is -0.274. The summed E-state index contributed by atoms with van der Waals surface area (Å²) < 4.78 is 45.6. The van der Waals surface area contributed by atoms with Gasteiger partial charge in [0, 0.05) is 12.1 Å². The lowest BCUT2D eigenvalue weighted by Gasteiger charge is -2.25. The number of nitrogens with one attached hydrogen (secondary N) is 1. The number of hydrogen-bond acceptors (Lipinski definition) is 4. The predicted octanol–water partition coefficient (Wildman–Crippen LogP) is 4.06. The number of halogens is 4. The van der Waals surface area contributed by atoms with Gasteiger partial charge < -0.3 is 14.8 Å². The molecule has 1 N–H and O–H groups in total. The summed E-state index contributed by atoms with van der Waals surface area (Å²) in [6, 6.07) is 4.13. The van der Waals surface area contributed by atoms with Gasteiger partial charge in [-0.15, -0.1) is 13.2 Å². The second kappa shape index (κ2) is 7.88. The average molecular weight is 354 g/mol. The van der Waals surface area contributed by atoms with E-state index in [0.717, 1.165) is 0 Å². The summed E-state index contributed by atoms with van der Waals surface area (Å²) in [5.74, 6) is -0.802. The van der Waals surface area contributed by atoms with Crippen molar-refractivity contribution in [2.75, 3.05) is 6.61 Å². The van der Waals surface area contributed by atoms with Crippen LogP contribution in [0, 0.1) is 0 Å². The van der Waals surface area contributed by atoms with Gasteiger partial charge in [0.15, 0.2) is 0 Å². The van der Waals surface area contributed by atoms with Gasteiger partial charge in [-0.2, -0.15) is 0 Å². The second-order valence-electron chi connectivity index (χ2n) is 5.53. The highest BCUT2D eigenvalue weighted by molar-refractivity contribution is 6.32. The number of esters is 1. The summed E-state index contributed by atoms with van der Waals surface area (Å²) in [6.45, 7) is 5.86. The highest BCUT2D eigenvalue weighted by Crippen LogP contribution is 2.31. The predicted molar refractivity (Wildman–Crippen MR) is 80.3 cm³/mol. The maximum atomic E-state index is 12.3. The second-order valence-corrected chi connectivity index (χ2v) is 5.94. The molecule has 0 bridgehead atoms. The molecular weight excluding hydrogens is 335 g/mol. The van der Waals surface area contributed by atoms with Crippen molar-refractivity contribution in [1.29, 1.82) is 0 Å². The molecular formula is C15H19ClF3NO3. The van der Waals surface area contributed by atoms with Crippen LogP contribution in [0.25, 0.3) is 0 Å². The van der Waals surface area contributed by atoms with E-state index in [2.05, 4.69) is 10.1 Å². The van der Waals surface area contributed by atoms with Crippen molar-refractivity contribution in [3.8, 4) is 5.75 Å². The number of hydrogen-bond donors (Lipinski definition) is 1. The number of carbonyl (C=O) groups is 1. The van der Waals surface area contributed by atoms with Gasteiger partial charge in [0.25, 0.3) is 0 Å². The van der Waals surface area contributed by atoms with Crippen molar-refractivity contribution in [1.82, 2.24) is 5.32 Å². The zero-order valence-electron chi connectivity index (χ0n) is 13.1. The largest absolute Gasteiger partial charge is 0.573 e. The molecule has 0 spiro atoms. The van der Waals surface area contributed by atoms with Crippen molar-refractivity contribution < 1.29 is 27.4 Å². The van der Waals surface area contributed by atoms with E-state index in [0.29, 0.717) is 12.2 Å². The van der Waals surface area contributed by atoms with Gasteiger partial charge in [-0.05, 0) is 38.5 Å². The minimum atomic E-state index is -4.81. The number of rotatable bonds is 7. The van der Waals surface area contributed by atoms with E-state index in [1.807, 2.05) is 0 Å². The van der Waals surface area contributed by atoms with Crippen LogP contribution in [0.3, 0.4) is 0 Å². The number of alkyl halides is 3. The zero-order valence-corrected chi connectivity index (χ0v) is 13.8. The molecule has 0 fully saturated rings. The third-order valence-corrected chi connectivity index (χ3v) is 3.20. The fraction of sp³-hybridized carbons (Fsp3) is 0.533. The molecule has 0 heterocycles. The molecule has 0 aliphatic carbocycles. The van der Waals surface area contributed by atoms with Crippen LogP contribution in [0.2, 0.25) is 5.02 Å². The van der Waals surface area contributed by atoms with Crippen molar-refractivity contribution in [3.05, 3.63) is 28.8 Å². The monoisotopic (exact) mass is 353 g/mol. The van der Waals surface area contributed by atoms with Crippen molar-refractivity contribution >= 4 is 17.6 Å². The molecule has 0 aliphatic heterocycles. The van der Waals surface area contributed by atoms with Crippen LogP contribution in [-0.4, -0.2) is 24.5 Å². The lowest BCUT2D eigenvalue weighted by Crippen LogP contribution is -2.41. The topological polar surface area (TPSA) is 47.6 Å². The molecule has 0 radical (unpaired) electrons. The van der Waals surface area contributed by atoms with Gasteiger partial charge in [0.1, 0.15) is 5.75 Å². The Labute approximate surface area is 137 Å². The molecule has 23 heavy (non-hydrogen) atoms. The van der Waals surface area contributed by atoms with Gasteiger partial charge in [-0.1, -0.05) is 17.7 Å². The third-order valence-electron chi connectivity index (χ3n) is 2.88. The highest BCUT2D eigenvalue weighted by Gasteiger charge is 2.32. The maximum absolute atomic E-state index is 12.3. The molecule has 1 aromatic carbocycles. The summed E-state index contributed by atoms with van der Waals surface area (Å²) in [6.07, 6.45) is -4.67. The first-order valence-electron chi connectivity index (χ1n) is 6.97. The summed E-state index contributed by atoms with van der Waals surface area (Å²) in [7, 11) is 0. The fourth-order valence-corrected chi connectivity index (χ4v) is 1.99. The van der Waals surface area contributed by atoms with Crippen molar-refractivity contribution in [2.45, 2.75) is 45.6 Å². The molecule has 8 heteroatoms. The summed E-state index contributed by atoms with van der Waals surface area (Å²) in [4.78, 5) is 11.5. The fourth-order valence-electron chi connectivity index (χ4n) is 1.84. The van der Waals surface area contributed by atoms with E-state index in [1.54, 1.807) is 26.8 Å². The van der Waals surface area contributed by atoms with E-state index in [1.165, 1.54) is 12.1 Å². The van der Waals surface area contributed by atoms with E-state index >= 15 is 0 Å². The minimum Gasteiger partial charge on any atom is -0.466 e. The first kappa shape index (κ1) is 19.6. The Morgan fingerprint density at radius 2 is 1.96 bits per heavy atom. The third kappa shape index (κ3) is 7.56. The number of ether oxygens (including phenoxy) is 2. The lowest BCUT2D eigenvalue weighted by atomic mass is 10.0. The SMILES string of the molecule is CCOC(=O)CC(C)(C)NCc1ccc(Cl)c(OC(F)(F)F)c1. The Hall–Kier alpha value is -1.47. The smallest absolute Gasteiger partial charge is 0.466 e. The molecule has 4 nitrogen and oxygen atoms in total. The van der Waals surface area contributed by atoms with Crippen molar-refractivity contribution in [2.24, 2.45) is 0 Å². The Bertz CT molecular complexity index is 547. The van der Waals surface area contributed by atoms with Gasteiger partial charge in [0.05, 0.1) is 18.1 Å². The van der Waals surface area contributed by atoms with Crippen LogP contribution in [0.5, 0.6) is 5.75 Å². The molecule has 0 atom stereocenters. The minimum absolute atomic E-state index is 0.128. The van der Waals surface area contributed by atoms with Crippen LogP contribution < -0.4 is 10.1 Å². The van der Waals surface area contributed by atoms with Crippen LogP contribution in [0.1, 0.15) is 32.8 Å². The molecule has 130 valence electrons. The maximum Gasteiger partial charge on any atom is 0.573 e. The van der Waals surface area contributed by atoms with Gasteiger partial charge >= 0.3 is 12.3 Å². The average Bonchev–Trinajstić information content (AvgIpc) is 2.38. The Balaban J connectivity index is 2.70. The molecule has 1 aromatic rings. The quantitative estimate of drug-likeness (QED) is 0.751. The normalized spacial score (nSPS) is 12.1. The molecule has 0 amide bonds. The Kier molecular flexibility index (Phi) is 6.70. The van der Waals surface area contributed by atoms with Crippen LogP contribution >= 0.6 is 11.6 Å².